The summed E-state index contributed by atoms with van der Waals surface area (Å²) in [5.41, 5.74) is 3.29. The first-order valence-corrected chi connectivity index (χ1v) is 10.1. The van der Waals surface area contributed by atoms with Crippen LogP contribution in [0.3, 0.4) is 0 Å². The second-order valence-electron chi connectivity index (χ2n) is 6.27. The lowest BCUT2D eigenvalue weighted by molar-refractivity contribution is 0.0936. The van der Waals surface area contributed by atoms with Crippen LogP contribution in [-0.2, 0) is 16.4 Å². The molecule has 1 atom stereocenters. The topological polar surface area (TPSA) is 75.3 Å². The van der Waals surface area contributed by atoms with E-state index in [1.807, 2.05) is 25.1 Å². The highest BCUT2D eigenvalue weighted by Crippen LogP contribution is 2.31. The summed E-state index contributed by atoms with van der Waals surface area (Å²) < 4.78 is 26.3. The summed E-state index contributed by atoms with van der Waals surface area (Å²) in [4.78, 5) is 12.6. The third-order valence-corrected chi connectivity index (χ3v) is 5.80. The Balaban J connectivity index is 1.72. The number of amides is 1. The molecule has 2 aromatic rings. The van der Waals surface area contributed by atoms with Crippen LogP contribution in [0.15, 0.2) is 48.5 Å². The summed E-state index contributed by atoms with van der Waals surface area (Å²) in [5.74, 6) is -0.138. The van der Waals surface area contributed by atoms with Crippen LogP contribution in [-0.4, -0.2) is 20.1 Å². The van der Waals surface area contributed by atoms with Crippen LogP contribution in [0.1, 0.15) is 47.3 Å². The van der Waals surface area contributed by atoms with Gasteiger partial charge in [-0.1, -0.05) is 37.3 Å². The quantitative estimate of drug-likeness (QED) is 0.832. The monoisotopic (exact) mass is 358 g/mol. The average molecular weight is 358 g/mol. The van der Waals surface area contributed by atoms with Gasteiger partial charge in [0.25, 0.3) is 5.91 Å². The van der Waals surface area contributed by atoms with Gasteiger partial charge in [-0.3, -0.25) is 9.52 Å². The molecular formula is C19H22N2O3S. The van der Waals surface area contributed by atoms with E-state index in [0.29, 0.717) is 17.7 Å². The van der Waals surface area contributed by atoms with E-state index in [4.69, 9.17) is 0 Å². The number of nitrogens with one attached hydrogen (secondary N) is 2. The van der Waals surface area contributed by atoms with Crippen LogP contribution < -0.4 is 10.0 Å². The summed E-state index contributed by atoms with van der Waals surface area (Å²) >= 11 is 0. The highest BCUT2D eigenvalue weighted by Gasteiger charge is 2.23. The minimum atomic E-state index is -3.37. The molecule has 132 valence electrons. The van der Waals surface area contributed by atoms with Gasteiger partial charge in [-0.25, -0.2) is 8.42 Å². The molecular weight excluding hydrogens is 336 g/mol. The molecule has 0 heterocycles. The third-order valence-electron chi connectivity index (χ3n) is 4.31. The average Bonchev–Trinajstić information content (AvgIpc) is 2.98. The van der Waals surface area contributed by atoms with E-state index >= 15 is 0 Å². The number of hydrogen-bond donors (Lipinski definition) is 2. The Morgan fingerprint density at radius 1 is 1.16 bits per heavy atom. The van der Waals surface area contributed by atoms with Gasteiger partial charge in [0, 0.05) is 11.3 Å². The lowest BCUT2D eigenvalue weighted by Gasteiger charge is -2.15. The summed E-state index contributed by atoms with van der Waals surface area (Å²) in [6.45, 7) is 1.81. The second kappa shape index (κ2) is 7.27. The SMILES string of the molecule is CCCS(=O)(=O)Nc1cccc(C(=O)NC2CCc3ccccc32)c1. The molecule has 0 aliphatic heterocycles. The molecule has 1 unspecified atom stereocenters. The van der Waals surface area contributed by atoms with Crippen molar-refractivity contribution in [3.05, 3.63) is 65.2 Å². The van der Waals surface area contributed by atoms with E-state index in [-0.39, 0.29) is 17.7 Å². The summed E-state index contributed by atoms with van der Waals surface area (Å²) in [6, 6.07) is 14.7. The van der Waals surface area contributed by atoms with E-state index in [1.54, 1.807) is 24.3 Å². The van der Waals surface area contributed by atoms with Gasteiger partial charge in [-0.05, 0) is 48.6 Å². The number of carbonyl (C=O) groups excluding carboxylic acids is 1. The smallest absolute Gasteiger partial charge is 0.251 e. The molecule has 0 fully saturated rings. The molecule has 2 aromatic carbocycles. The molecule has 0 aromatic heterocycles. The van der Waals surface area contributed by atoms with Gasteiger partial charge in [0.15, 0.2) is 0 Å². The van der Waals surface area contributed by atoms with Crippen LogP contribution >= 0.6 is 0 Å². The predicted octanol–water partition coefficient (Wildman–Crippen LogP) is 3.26. The molecule has 0 bridgehead atoms. The summed E-state index contributed by atoms with van der Waals surface area (Å²) in [7, 11) is -3.37. The normalized spacial score (nSPS) is 16.3. The van der Waals surface area contributed by atoms with E-state index < -0.39 is 10.0 Å². The Morgan fingerprint density at radius 2 is 1.96 bits per heavy atom. The highest BCUT2D eigenvalue weighted by molar-refractivity contribution is 7.92. The number of anilines is 1. The van der Waals surface area contributed by atoms with Gasteiger partial charge in [0.1, 0.15) is 0 Å². The Kier molecular flexibility index (Phi) is 5.08. The van der Waals surface area contributed by atoms with E-state index in [9.17, 15) is 13.2 Å². The zero-order chi connectivity index (χ0) is 17.9. The summed E-state index contributed by atoms with van der Waals surface area (Å²) in [6.07, 6.45) is 2.38. The minimum Gasteiger partial charge on any atom is -0.345 e. The second-order valence-corrected chi connectivity index (χ2v) is 8.11. The fourth-order valence-electron chi connectivity index (χ4n) is 3.17. The Hall–Kier alpha value is -2.34. The molecule has 2 N–H and O–H groups in total. The number of sulfonamides is 1. The molecule has 0 spiro atoms. The van der Waals surface area contributed by atoms with E-state index in [1.165, 1.54) is 5.56 Å². The van der Waals surface area contributed by atoms with Gasteiger partial charge in [-0.15, -0.1) is 0 Å². The van der Waals surface area contributed by atoms with Crippen molar-refractivity contribution in [2.75, 3.05) is 10.5 Å². The molecule has 0 saturated heterocycles. The maximum absolute atomic E-state index is 12.6. The Labute approximate surface area is 148 Å². The molecule has 1 amide bonds. The standard InChI is InChI=1S/C19H22N2O3S/c1-2-12-25(23,24)21-16-8-5-7-15(13-16)19(22)20-18-11-10-14-6-3-4-9-17(14)18/h3-9,13,18,21H,2,10-12H2,1H3,(H,20,22). The molecule has 6 heteroatoms. The molecule has 25 heavy (non-hydrogen) atoms. The predicted molar refractivity (Wildman–Crippen MR) is 99.1 cm³/mol. The fraction of sp³-hybridized carbons (Fsp3) is 0.316. The zero-order valence-corrected chi connectivity index (χ0v) is 15.0. The number of benzene rings is 2. The lowest BCUT2D eigenvalue weighted by atomic mass is 10.1. The van der Waals surface area contributed by atoms with Crippen LogP contribution in [0.2, 0.25) is 0 Å². The van der Waals surface area contributed by atoms with Crippen molar-refractivity contribution < 1.29 is 13.2 Å². The number of rotatable bonds is 6. The zero-order valence-electron chi connectivity index (χ0n) is 14.2. The van der Waals surface area contributed by atoms with Gasteiger partial charge in [-0.2, -0.15) is 0 Å². The number of hydrogen-bond acceptors (Lipinski definition) is 3. The van der Waals surface area contributed by atoms with Crippen molar-refractivity contribution in [3.8, 4) is 0 Å². The first kappa shape index (κ1) is 17.5. The van der Waals surface area contributed by atoms with Crippen molar-refractivity contribution in [3.63, 3.8) is 0 Å². The van der Waals surface area contributed by atoms with Crippen molar-refractivity contribution >= 4 is 21.6 Å². The molecule has 5 nitrogen and oxygen atoms in total. The Bertz CT molecular complexity index is 878. The fourth-order valence-corrected chi connectivity index (χ4v) is 4.30. The van der Waals surface area contributed by atoms with E-state index in [0.717, 1.165) is 18.4 Å². The third kappa shape index (κ3) is 4.20. The molecule has 3 rings (SSSR count). The van der Waals surface area contributed by atoms with Crippen molar-refractivity contribution in [1.29, 1.82) is 0 Å². The number of carbonyl (C=O) groups is 1. The molecule has 1 aliphatic carbocycles. The summed E-state index contributed by atoms with van der Waals surface area (Å²) in [5, 5.41) is 3.05. The van der Waals surface area contributed by atoms with Gasteiger partial charge >= 0.3 is 0 Å². The lowest BCUT2D eigenvalue weighted by Crippen LogP contribution is -2.27. The van der Waals surface area contributed by atoms with Crippen LogP contribution in [0.5, 0.6) is 0 Å². The van der Waals surface area contributed by atoms with Crippen LogP contribution in [0, 0.1) is 0 Å². The van der Waals surface area contributed by atoms with Crippen molar-refractivity contribution in [2.24, 2.45) is 0 Å². The molecule has 0 radical (unpaired) electrons. The number of fused-ring (bicyclic) bond motifs is 1. The van der Waals surface area contributed by atoms with E-state index in [2.05, 4.69) is 16.1 Å². The van der Waals surface area contributed by atoms with Crippen LogP contribution in [0.25, 0.3) is 0 Å². The Morgan fingerprint density at radius 3 is 2.76 bits per heavy atom. The first-order chi connectivity index (χ1) is 12.0. The maximum atomic E-state index is 12.6. The largest absolute Gasteiger partial charge is 0.345 e. The van der Waals surface area contributed by atoms with Gasteiger partial charge < -0.3 is 5.32 Å². The van der Waals surface area contributed by atoms with Gasteiger partial charge in [0.05, 0.1) is 11.8 Å². The molecule has 1 aliphatic rings. The first-order valence-electron chi connectivity index (χ1n) is 8.48. The highest BCUT2D eigenvalue weighted by atomic mass is 32.2. The maximum Gasteiger partial charge on any atom is 0.251 e. The van der Waals surface area contributed by atoms with Crippen molar-refractivity contribution in [1.82, 2.24) is 5.32 Å². The number of aryl methyl sites for hydroxylation is 1. The minimum absolute atomic E-state index is 0.00383. The van der Waals surface area contributed by atoms with Crippen molar-refractivity contribution in [2.45, 2.75) is 32.2 Å². The van der Waals surface area contributed by atoms with Crippen LogP contribution in [0.4, 0.5) is 5.69 Å². The van der Waals surface area contributed by atoms with Gasteiger partial charge in [0.2, 0.25) is 10.0 Å². The molecule has 0 saturated carbocycles.